The van der Waals surface area contributed by atoms with E-state index in [0.29, 0.717) is 5.92 Å². The molecule has 1 unspecified atom stereocenters. The lowest BCUT2D eigenvalue weighted by Gasteiger charge is -2.35. The molecule has 0 spiro atoms. The largest absolute Gasteiger partial charge is 0.493 e. The van der Waals surface area contributed by atoms with Gasteiger partial charge in [-0.15, -0.1) is 0 Å². The Labute approximate surface area is 116 Å². The van der Waals surface area contributed by atoms with Crippen LogP contribution in [-0.4, -0.2) is 12.1 Å². The maximum atomic E-state index is 6.71. The van der Waals surface area contributed by atoms with Gasteiger partial charge in [0.1, 0.15) is 5.75 Å². The maximum absolute atomic E-state index is 6.71. The van der Waals surface area contributed by atoms with Gasteiger partial charge in [-0.05, 0) is 43.2 Å². The summed E-state index contributed by atoms with van der Waals surface area (Å²) in [5.74, 6) is 1.67. The minimum atomic E-state index is 0.0611. The molecule has 1 saturated carbocycles. The molecule has 2 N–H and O–H groups in total. The van der Waals surface area contributed by atoms with Crippen molar-refractivity contribution in [2.45, 2.75) is 62.8 Å². The zero-order chi connectivity index (χ0) is 13.1. The summed E-state index contributed by atoms with van der Waals surface area (Å²) in [6.45, 7) is 0.845. The minimum Gasteiger partial charge on any atom is -0.493 e. The van der Waals surface area contributed by atoms with Gasteiger partial charge in [-0.3, -0.25) is 0 Å². The van der Waals surface area contributed by atoms with Crippen molar-refractivity contribution in [3.8, 4) is 5.75 Å². The van der Waals surface area contributed by atoms with Gasteiger partial charge in [0.15, 0.2) is 0 Å². The van der Waals surface area contributed by atoms with Gasteiger partial charge in [-0.1, -0.05) is 43.9 Å². The third kappa shape index (κ3) is 2.94. The summed E-state index contributed by atoms with van der Waals surface area (Å²) < 4.78 is 5.76. The van der Waals surface area contributed by atoms with Crippen LogP contribution in [-0.2, 0) is 0 Å². The van der Waals surface area contributed by atoms with E-state index in [2.05, 4.69) is 24.3 Å². The molecule has 2 heteroatoms. The summed E-state index contributed by atoms with van der Waals surface area (Å²) in [5.41, 5.74) is 8.14. The van der Waals surface area contributed by atoms with Gasteiger partial charge in [0.05, 0.1) is 6.61 Å². The molecule has 104 valence electrons. The predicted octanol–water partition coefficient (Wildman–Crippen LogP) is 3.99. The van der Waals surface area contributed by atoms with E-state index in [0.717, 1.165) is 25.2 Å². The van der Waals surface area contributed by atoms with Crippen LogP contribution in [0.25, 0.3) is 0 Å². The average Bonchev–Trinajstić information content (AvgIpc) is 2.64. The second-order valence-electron chi connectivity index (χ2n) is 6.35. The molecule has 0 amide bonds. The number of fused-ring (bicyclic) bond motifs is 1. The van der Waals surface area contributed by atoms with Crippen molar-refractivity contribution in [2.75, 3.05) is 6.61 Å². The molecule has 3 rings (SSSR count). The Morgan fingerprint density at radius 1 is 1.11 bits per heavy atom. The minimum absolute atomic E-state index is 0.0611. The van der Waals surface area contributed by atoms with E-state index in [4.69, 9.17) is 10.5 Å². The number of hydrogen-bond acceptors (Lipinski definition) is 2. The lowest BCUT2D eigenvalue weighted by molar-refractivity contribution is 0.233. The average molecular weight is 259 g/mol. The van der Waals surface area contributed by atoms with Crippen LogP contribution in [0.4, 0.5) is 0 Å². The molecular formula is C17H25NO. The monoisotopic (exact) mass is 259 g/mol. The van der Waals surface area contributed by atoms with E-state index in [1.165, 1.54) is 44.1 Å². The molecule has 1 aromatic rings. The molecule has 0 radical (unpaired) electrons. The van der Waals surface area contributed by atoms with Gasteiger partial charge < -0.3 is 10.5 Å². The summed E-state index contributed by atoms with van der Waals surface area (Å²) in [6, 6.07) is 8.50. The third-order valence-electron chi connectivity index (χ3n) is 4.83. The summed E-state index contributed by atoms with van der Waals surface area (Å²) >= 11 is 0. The Morgan fingerprint density at radius 3 is 2.63 bits per heavy atom. The molecule has 1 aromatic carbocycles. The molecule has 2 nitrogen and oxygen atoms in total. The molecule has 1 heterocycles. The van der Waals surface area contributed by atoms with Gasteiger partial charge in [0.2, 0.25) is 0 Å². The highest BCUT2D eigenvalue weighted by molar-refractivity contribution is 5.38. The summed E-state index contributed by atoms with van der Waals surface area (Å²) in [4.78, 5) is 0. The number of rotatable bonds is 2. The van der Waals surface area contributed by atoms with E-state index in [1.807, 2.05) is 0 Å². The maximum Gasteiger partial charge on any atom is 0.122 e. The van der Waals surface area contributed by atoms with E-state index in [9.17, 15) is 0 Å². The molecule has 2 aliphatic rings. The van der Waals surface area contributed by atoms with Crippen LogP contribution in [0.5, 0.6) is 5.75 Å². The van der Waals surface area contributed by atoms with Gasteiger partial charge in [0.25, 0.3) is 0 Å². The molecular weight excluding hydrogens is 234 g/mol. The Morgan fingerprint density at radius 2 is 1.84 bits per heavy atom. The fourth-order valence-electron chi connectivity index (χ4n) is 3.76. The molecule has 1 aliphatic heterocycles. The summed E-state index contributed by atoms with van der Waals surface area (Å²) in [5, 5.41) is 0. The summed E-state index contributed by atoms with van der Waals surface area (Å²) in [6.07, 6.45) is 10.00. The Kier molecular flexibility index (Phi) is 3.79. The number of ether oxygens (including phenoxy) is 1. The third-order valence-corrected chi connectivity index (χ3v) is 4.83. The second-order valence-corrected chi connectivity index (χ2v) is 6.35. The topological polar surface area (TPSA) is 35.2 Å². The van der Waals surface area contributed by atoms with Crippen LogP contribution in [0.15, 0.2) is 24.3 Å². The fourth-order valence-corrected chi connectivity index (χ4v) is 3.76. The zero-order valence-electron chi connectivity index (χ0n) is 11.7. The first-order chi connectivity index (χ1) is 9.27. The van der Waals surface area contributed by atoms with Crippen LogP contribution < -0.4 is 10.5 Å². The van der Waals surface area contributed by atoms with Crippen molar-refractivity contribution in [1.29, 1.82) is 0 Å². The van der Waals surface area contributed by atoms with Crippen LogP contribution in [0.3, 0.4) is 0 Å². The molecule has 19 heavy (non-hydrogen) atoms. The van der Waals surface area contributed by atoms with Crippen molar-refractivity contribution in [3.63, 3.8) is 0 Å². The molecule has 0 saturated heterocycles. The Balaban J connectivity index is 1.76. The normalized spacial score (nSPS) is 26.1. The van der Waals surface area contributed by atoms with Crippen molar-refractivity contribution >= 4 is 0 Å². The van der Waals surface area contributed by atoms with E-state index >= 15 is 0 Å². The quantitative estimate of drug-likeness (QED) is 0.815. The SMILES string of the molecule is NC1(CC2CCOc3ccccc32)CCCCCC1. The molecule has 1 atom stereocenters. The van der Waals surface area contributed by atoms with E-state index in [1.54, 1.807) is 0 Å². The van der Waals surface area contributed by atoms with Crippen LogP contribution >= 0.6 is 0 Å². The van der Waals surface area contributed by atoms with Gasteiger partial charge >= 0.3 is 0 Å². The molecule has 0 bridgehead atoms. The standard InChI is InChI=1S/C17H25NO/c18-17(10-5-1-2-6-11-17)13-14-9-12-19-16-8-4-3-7-15(14)16/h3-4,7-8,14H,1-2,5-6,9-13,18H2. The Hall–Kier alpha value is -1.02. The van der Waals surface area contributed by atoms with Gasteiger partial charge in [-0.25, -0.2) is 0 Å². The van der Waals surface area contributed by atoms with Crippen LogP contribution in [0.1, 0.15) is 62.8 Å². The van der Waals surface area contributed by atoms with Gasteiger partial charge in [0, 0.05) is 5.54 Å². The van der Waals surface area contributed by atoms with E-state index < -0.39 is 0 Å². The highest BCUT2D eigenvalue weighted by Gasteiger charge is 2.32. The second kappa shape index (κ2) is 5.54. The molecule has 1 aliphatic carbocycles. The van der Waals surface area contributed by atoms with Crippen molar-refractivity contribution in [2.24, 2.45) is 5.73 Å². The molecule has 1 fully saturated rings. The smallest absolute Gasteiger partial charge is 0.122 e. The van der Waals surface area contributed by atoms with Crippen molar-refractivity contribution < 1.29 is 4.74 Å². The molecule has 0 aromatic heterocycles. The van der Waals surface area contributed by atoms with Crippen molar-refractivity contribution in [3.05, 3.63) is 29.8 Å². The van der Waals surface area contributed by atoms with E-state index in [-0.39, 0.29) is 5.54 Å². The lowest BCUT2D eigenvalue weighted by Crippen LogP contribution is -2.41. The zero-order valence-corrected chi connectivity index (χ0v) is 11.7. The first-order valence-electron chi connectivity index (χ1n) is 7.77. The van der Waals surface area contributed by atoms with Crippen LogP contribution in [0.2, 0.25) is 0 Å². The predicted molar refractivity (Wildman–Crippen MR) is 78.5 cm³/mol. The number of hydrogen-bond donors (Lipinski definition) is 1. The lowest BCUT2D eigenvalue weighted by atomic mass is 9.77. The Bertz CT molecular complexity index is 421. The summed E-state index contributed by atoms with van der Waals surface area (Å²) in [7, 11) is 0. The first-order valence-corrected chi connectivity index (χ1v) is 7.77. The number of nitrogens with two attached hydrogens (primary N) is 1. The fraction of sp³-hybridized carbons (Fsp3) is 0.647. The van der Waals surface area contributed by atoms with Gasteiger partial charge in [-0.2, -0.15) is 0 Å². The highest BCUT2D eigenvalue weighted by atomic mass is 16.5. The highest BCUT2D eigenvalue weighted by Crippen LogP contribution is 2.40. The number of para-hydroxylation sites is 1. The number of benzene rings is 1. The van der Waals surface area contributed by atoms with Crippen LogP contribution in [0, 0.1) is 0 Å². The first kappa shape index (κ1) is 13.0. The van der Waals surface area contributed by atoms with Crippen molar-refractivity contribution in [1.82, 2.24) is 0 Å².